The summed E-state index contributed by atoms with van der Waals surface area (Å²) >= 11 is 6.56. The van der Waals surface area contributed by atoms with Crippen molar-refractivity contribution in [1.29, 1.82) is 0 Å². The summed E-state index contributed by atoms with van der Waals surface area (Å²) in [4.78, 5) is 2.09. The smallest absolute Gasteiger partial charge is 0.132 e. The first kappa shape index (κ1) is 21.4. The number of aryl methyl sites for hydroxylation is 1. The van der Waals surface area contributed by atoms with E-state index in [4.69, 9.17) is 11.6 Å². The predicted molar refractivity (Wildman–Crippen MR) is 112 cm³/mol. The van der Waals surface area contributed by atoms with Gasteiger partial charge >= 0.3 is 0 Å². The van der Waals surface area contributed by atoms with Crippen LogP contribution in [-0.4, -0.2) is 35.3 Å². The van der Waals surface area contributed by atoms with E-state index in [1.807, 2.05) is 21.0 Å². The van der Waals surface area contributed by atoms with E-state index in [1.54, 1.807) is 28.9 Å². The van der Waals surface area contributed by atoms with Crippen LogP contribution in [0.15, 0.2) is 48.5 Å². The van der Waals surface area contributed by atoms with Crippen molar-refractivity contribution in [2.45, 2.75) is 26.1 Å². The van der Waals surface area contributed by atoms with Gasteiger partial charge in [0.2, 0.25) is 0 Å². The molecule has 1 aromatic heterocycles. The van der Waals surface area contributed by atoms with Gasteiger partial charge in [-0.2, -0.15) is 5.10 Å². The van der Waals surface area contributed by atoms with Gasteiger partial charge in [0, 0.05) is 24.7 Å². The molecular weight excluding hydrogens is 394 g/mol. The first-order chi connectivity index (χ1) is 13.8. The van der Waals surface area contributed by atoms with Gasteiger partial charge in [0.05, 0.1) is 12.2 Å². The van der Waals surface area contributed by atoms with E-state index >= 15 is 0 Å². The predicted octanol–water partition coefficient (Wildman–Crippen LogP) is 4.56. The fourth-order valence-electron chi connectivity index (χ4n) is 3.28. The number of likely N-dealkylation sites (N-methyl/N-ethyl adjacent to an activating group) is 1. The third kappa shape index (κ3) is 5.41. The maximum atomic E-state index is 13.2. The molecule has 0 spiro atoms. The molecular formula is C22H25ClF2N4. The van der Waals surface area contributed by atoms with Gasteiger partial charge in [-0.1, -0.05) is 35.9 Å². The van der Waals surface area contributed by atoms with Gasteiger partial charge in [-0.05, 0) is 56.4 Å². The second-order valence-corrected chi connectivity index (χ2v) is 7.66. The molecule has 3 aromatic rings. The lowest BCUT2D eigenvalue weighted by molar-refractivity contribution is 0.288. The van der Waals surface area contributed by atoms with E-state index in [9.17, 15) is 8.78 Å². The Morgan fingerprint density at radius 3 is 2.21 bits per heavy atom. The Balaban J connectivity index is 1.66. The summed E-state index contributed by atoms with van der Waals surface area (Å²) in [7, 11) is 3.99. The van der Waals surface area contributed by atoms with Crippen LogP contribution >= 0.6 is 11.6 Å². The van der Waals surface area contributed by atoms with Crippen LogP contribution in [0.2, 0.25) is 5.15 Å². The van der Waals surface area contributed by atoms with E-state index in [0.29, 0.717) is 24.8 Å². The summed E-state index contributed by atoms with van der Waals surface area (Å²) in [6, 6.07) is 13.0. The van der Waals surface area contributed by atoms with E-state index < -0.39 is 0 Å². The summed E-state index contributed by atoms with van der Waals surface area (Å²) in [6.45, 7) is 3.65. The fourth-order valence-corrected chi connectivity index (χ4v) is 3.58. The lowest BCUT2D eigenvalue weighted by Gasteiger charge is -2.25. The van der Waals surface area contributed by atoms with Crippen molar-refractivity contribution in [2.75, 3.05) is 20.6 Å². The maximum absolute atomic E-state index is 13.2. The highest BCUT2D eigenvalue weighted by atomic mass is 35.5. The highest BCUT2D eigenvalue weighted by Crippen LogP contribution is 2.22. The summed E-state index contributed by atoms with van der Waals surface area (Å²) in [6.07, 6.45) is 0. The topological polar surface area (TPSA) is 33.1 Å². The molecule has 0 aliphatic carbocycles. The molecule has 1 N–H and O–H groups in total. The Kier molecular flexibility index (Phi) is 7.00. The summed E-state index contributed by atoms with van der Waals surface area (Å²) in [5.74, 6) is -0.506. The molecule has 0 amide bonds. The number of hydrogen-bond donors (Lipinski definition) is 1. The molecule has 1 heterocycles. The lowest BCUT2D eigenvalue weighted by atomic mass is 10.1. The number of rotatable bonds is 8. The molecule has 0 saturated heterocycles. The largest absolute Gasteiger partial charge is 0.311 e. The minimum Gasteiger partial charge on any atom is -0.311 e. The molecule has 7 heteroatoms. The fraction of sp³-hybridized carbons (Fsp3) is 0.318. The Morgan fingerprint density at radius 2 is 1.62 bits per heavy atom. The Morgan fingerprint density at radius 1 is 1.03 bits per heavy atom. The molecule has 0 bridgehead atoms. The molecule has 154 valence electrons. The lowest BCUT2D eigenvalue weighted by Crippen LogP contribution is -2.31. The van der Waals surface area contributed by atoms with Gasteiger partial charge in [0.15, 0.2) is 0 Å². The molecule has 0 saturated carbocycles. The Labute approximate surface area is 175 Å². The van der Waals surface area contributed by atoms with E-state index in [2.05, 4.69) is 15.3 Å². The van der Waals surface area contributed by atoms with Crippen LogP contribution in [0, 0.1) is 18.6 Å². The average Bonchev–Trinajstić information content (AvgIpc) is 2.95. The molecule has 3 rings (SSSR count). The summed E-state index contributed by atoms with van der Waals surface area (Å²) in [5.41, 5.74) is 3.76. The summed E-state index contributed by atoms with van der Waals surface area (Å²) < 4.78 is 28.0. The Hall–Kier alpha value is -2.28. The van der Waals surface area contributed by atoms with Crippen LogP contribution in [0.3, 0.4) is 0 Å². The number of nitrogens with zero attached hydrogens (tertiary/aromatic N) is 3. The SMILES string of the molecule is Cc1nn(Cc2ccc(F)cc2)c(Cl)c1CNCC(c1ccc(F)cc1)N(C)C. The third-order valence-corrected chi connectivity index (χ3v) is 5.37. The molecule has 0 fully saturated rings. The van der Waals surface area contributed by atoms with Crippen molar-refractivity contribution in [2.24, 2.45) is 0 Å². The maximum Gasteiger partial charge on any atom is 0.132 e. The molecule has 0 aliphatic rings. The number of halogens is 3. The molecule has 0 radical (unpaired) electrons. The van der Waals surface area contributed by atoms with Gasteiger partial charge in [-0.15, -0.1) is 0 Å². The number of hydrogen-bond acceptors (Lipinski definition) is 3. The number of benzene rings is 2. The minimum atomic E-state index is -0.266. The molecule has 1 unspecified atom stereocenters. The van der Waals surface area contributed by atoms with E-state index in [1.165, 1.54) is 24.3 Å². The second kappa shape index (κ2) is 9.48. The van der Waals surface area contributed by atoms with Crippen molar-refractivity contribution >= 4 is 11.6 Å². The summed E-state index contributed by atoms with van der Waals surface area (Å²) in [5, 5.41) is 8.54. The minimum absolute atomic E-state index is 0.101. The van der Waals surface area contributed by atoms with E-state index in [0.717, 1.165) is 22.4 Å². The van der Waals surface area contributed by atoms with Gasteiger partial charge in [0.25, 0.3) is 0 Å². The van der Waals surface area contributed by atoms with Crippen LogP contribution in [0.1, 0.15) is 28.4 Å². The number of nitrogens with one attached hydrogen (secondary N) is 1. The van der Waals surface area contributed by atoms with Crippen LogP contribution in [-0.2, 0) is 13.1 Å². The first-order valence-corrected chi connectivity index (χ1v) is 9.81. The van der Waals surface area contributed by atoms with Gasteiger partial charge < -0.3 is 10.2 Å². The van der Waals surface area contributed by atoms with Crippen molar-refractivity contribution in [3.8, 4) is 0 Å². The highest BCUT2D eigenvalue weighted by Gasteiger charge is 2.17. The third-order valence-electron chi connectivity index (χ3n) is 4.95. The zero-order valence-corrected chi connectivity index (χ0v) is 17.5. The molecule has 4 nitrogen and oxygen atoms in total. The number of aromatic nitrogens is 2. The first-order valence-electron chi connectivity index (χ1n) is 9.44. The van der Waals surface area contributed by atoms with E-state index in [-0.39, 0.29) is 17.7 Å². The zero-order chi connectivity index (χ0) is 21.0. The van der Waals surface area contributed by atoms with Crippen LogP contribution in [0.5, 0.6) is 0 Å². The van der Waals surface area contributed by atoms with Gasteiger partial charge in [-0.25, -0.2) is 13.5 Å². The van der Waals surface area contributed by atoms with Crippen molar-refractivity contribution < 1.29 is 8.78 Å². The van der Waals surface area contributed by atoms with Crippen LogP contribution in [0.4, 0.5) is 8.78 Å². The van der Waals surface area contributed by atoms with Crippen molar-refractivity contribution in [1.82, 2.24) is 20.0 Å². The zero-order valence-electron chi connectivity index (χ0n) is 16.8. The quantitative estimate of drug-likeness (QED) is 0.582. The van der Waals surface area contributed by atoms with Crippen molar-refractivity contribution in [3.63, 3.8) is 0 Å². The highest BCUT2D eigenvalue weighted by molar-refractivity contribution is 6.30. The average molecular weight is 419 g/mol. The van der Waals surface area contributed by atoms with Crippen LogP contribution in [0.25, 0.3) is 0 Å². The second-order valence-electron chi connectivity index (χ2n) is 7.30. The van der Waals surface area contributed by atoms with Crippen LogP contribution < -0.4 is 5.32 Å². The monoisotopic (exact) mass is 418 g/mol. The van der Waals surface area contributed by atoms with Gasteiger partial charge in [-0.3, -0.25) is 0 Å². The molecule has 1 atom stereocenters. The molecule has 29 heavy (non-hydrogen) atoms. The standard InChI is InChI=1S/C22H25ClF2N4/c1-15-20(22(23)29(27-15)14-16-4-8-18(24)9-5-16)12-26-13-21(28(2)3)17-6-10-19(25)11-7-17/h4-11,21,26H,12-14H2,1-3H3. The Bertz CT molecular complexity index is 937. The van der Waals surface area contributed by atoms with Crippen molar-refractivity contribution in [3.05, 3.63) is 87.7 Å². The van der Waals surface area contributed by atoms with Gasteiger partial charge in [0.1, 0.15) is 16.8 Å². The molecule has 0 aliphatic heterocycles. The molecule has 2 aromatic carbocycles. The normalized spacial score (nSPS) is 12.5.